The maximum absolute atomic E-state index is 13.4. The Morgan fingerprint density at radius 3 is 3.00 bits per heavy atom. The van der Waals surface area contributed by atoms with E-state index in [2.05, 4.69) is 20.5 Å². The molecule has 0 fully saturated rings. The van der Waals surface area contributed by atoms with Gasteiger partial charge in [0.05, 0.1) is 5.02 Å². The first-order valence-electron chi connectivity index (χ1n) is 4.95. The van der Waals surface area contributed by atoms with Crippen LogP contribution in [0, 0.1) is 5.82 Å². The summed E-state index contributed by atoms with van der Waals surface area (Å²) in [5.74, 6) is -0.749. The summed E-state index contributed by atoms with van der Waals surface area (Å²) in [6, 6.07) is 4.29. The van der Waals surface area contributed by atoms with Crippen molar-refractivity contribution in [3.63, 3.8) is 0 Å². The van der Waals surface area contributed by atoms with E-state index in [0.29, 0.717) is 0 Å². The van der Waals surface area contributed by atoms with Crippen LogP contribution in [-0.2, 0) is 4.79 Å². The third-order valence-electron chi connectivity index (χ3n) is 2.06. The molecule has 0 spiro atoms. The molecular formula is C11H8ClFN4O. The van der Waals surface area contributed by atoms with Crippen LogP contribution in [0.25, 0.3) is 6.08 Å². The standard InChI is InChI=1S/C11H8ClFN4O/c12-8-2-1-3-9(13)7(8)4-5-10(18)16-11-14-6-15-17-11/h1-6H,(H2,14,15,16,17,18)/b5-4+. The van der Waals surface area contributed by atoms with Gasteiger partial charge in [-0.3, -0.25) is 10.1 Å². The topological polar surface area (TPSA) is 70.7 Å². The number of halogens is 2. The van der Waals surface area contributed by atoms with Gasteiger partial charge in [0.1, 0.15) is 12.1 Å². The van der Waals surface area contributed by atoms with Crippen LogP contribution >= 0.6 is 11.6 Å². The fraction of sp³-hybridized carbons (Fsp3) is 0. The summed E-state index contributed by atoms with van der Waals surface area (Å²) < 4.78 is 13.4. The minimum Gasteiger partial charge on any atom is -0.291 e. The summed E-state index contributed by atoms with van der Waals surface area (Å²) in [4.78, 5) is 15.2. The molecule has 1 aromatic carbocycles. The fourth-order valence-corrected chi connectivity index (χ4v) is 1.48. The van der Waals surface area contributed by atoms with E-state index in [1.165, 1.54) is 24.5 Å². The third-order valence-corrected chi connectivity index (χ3v) is 2.39. The highest BCUT2D eigenvalue weighted by Gasteiger charge is 2.04. The molecule has 5 nitrogen and oxygen atoms in total. The highest BCUT2D eigenvalue weighted by Crippen LogP contribution is 2.20. The monoisotopic (exact) mass is 266 g/mol. The number of hydrogen-bond acceptors (Lipinski definition) is 3. The molecule has 0 aliphatic rings. The smallest absolute Gasteiger partial charge is 0.250 e. The van der Waals surface area contributed by atoms with E-state index < -0.39 is 11.7 Å². The molecule has 2 rings (SSSR count). The lowest BCUT2D eigenvalue weighted by Gasteiger charge is -1.99. The number of aromatic amines is 1. The molecule has 0 saturated carbocycles. The van der Waals surface area contributed by atoms with E-state index in [1.54, 1.807) is 6.07 Å². The highest BCUT2D eigenvalue weighted by molar-refractivity contribution is 6.32. The van der Waals surface area contributed by atoms with Crippen molar-refractivity contribution >= 4 is 29.5 Å². The molecule has 0 aliphatic heterocycles. The van der Waals surface area contributed by atoms with Crippen molar-refractivity contribution in [1.82, 2.24) is 15.2 Å². The third kappa shape index (κ3) is 2.92. The number of aromatic nitrogens is 3. The van der Waals surface area contributed by atoms with Crippen LogP contribution in [0.5, 0.6) is 0 Å². The minimum absolute atomic E-state index is 0.159. The summed E-state index contributed by atoms with van der Waals surface area (Å²) in [6.45, 7) is 0. The van der Waals surface area contributed by atoms with Crippen LogP contribution in [0.15, 0.2) is 30.6 Å². The lowest BCUT2D eigenvalue weighted by atomic mass is 10.2. The average Bonchev–Trinajstić information content (AvgIpc) is 2.81. The largest absolute Gasteiger partial charge is 0.291 e. The Kier molecular flexibility index (Phi) is 3.69. The van der Waals surface area contributed by atoms with Gasteiger partial charge in [-0.2, -0.15) is 10.1 Å². The first-order chi connectivity index (χ1) is 8.66. The van der Waals surface area contributed by atoms with E-state index in [1.807, 2.05) is 0 Å². The molecule has 18 heavy (non-hydrogen) atoms. The van der Waals surface area contributed by atoms with Gasteiger partial charge < -0.3 is 0 Å². The van der Waals surface area contributed by atoms with Gasteiger partial charge in [0.2, 0.25) is 5.95 Å². The number of nitrogens with one attached hydrogen (secondary N) is 2. The molecule has 0 radical (unpaired) electrons. The SMILES string of the molecule is O=C(/C=C/c1c(F)cccc1Cl)Nc1ncn[nH]1. The molecule has 1 heterocycles. The van der Waals surface area contributed by atoms with Crippen molar-refractivity contribution < 1.29 is 9.18 Å². The second-order valence-electron chi connectivity index (χ2n) is 3.29. The molecule has 2 N–H and O–H groups in total. The van der Waals surface area contributed by atoms with Gasteiger partial charge in [0.25, 0.3) is 5.91 Å². The highest BCUT2D eigenvalue weighted by atomic mass is 35.5. The molecule has 92 valence electrons. The summed E-state index contributed by atoms with van der Waals surface area (Å²) in [5, 5.41) is 8.67. The Morgan fingerprint density at radius 2 is 2.33 bits per heavy atom. The van der Waals surface area contributed by atoms with E-state index in [-0.39, 0.29) is 16.5 Å². The second-order valence-corrected chi connectivity index (χ2v) is 3.70. The second kappa shape index (κ2) is 5.42. The van der Waals surface area contributed by atoms with E-state index in [4.69, 9.17) is 11.6 Å². The Labute approximate surface area is 107 Å². The van der Waals surface area contributed by atoms with Crippen LogP contribution < -0.4 is 5.32 Å². The number of nitrogens with zero attached hydrogens (tertiary/aromatic N) is 2. The van der Waals surface area contributed by atoms with Gasteiger partial charge in [-0.05, 0) is 18.2 Å². The van der Waals surface area contributed by atoms with E-state index in [9.17, 15) is 9.18 Å². The molecule has 7 heteroatoms. The van der Waals surface area contributed by atoms with Crippen LogP contribution in [0.2, 0.25) is 5.02 Å². The number of amides is 1. The summed E-state index contributed by atoms with van der Waals surface area (Å²) in [5.41, 5.74) is 0.159. The maximum Gasteiger partial charge on any atom is 0.250 e. The van der Waals surface area contributed by atoms with Gasteiger partial charge in [0.15, 0.2) is 0 Å². The normalized spacial score (nSPS) is 10.8. The van der Waals surface area contributed by atoms with Crippen LogP contribution in [-0.4, -0.2) is 21.1 Å². The van der Waals surface area contributed by atoms with Crippen molar-refractivity contribution in [2.24, 2.45) is 0 Å². The average molecular weight is 267 g/mol. The zero-order chi connectivity index (χ0) is 13.0. The van der Waals surface area contributed by atoms with Crippen LogP contribution in [0.1, 0.15) is 5.56 Å². The number of benzene rings is 1. The number of hydrogen-bond donors (Lipinski definition) is 2. The molecule has 0 saturated heterocycles. The van der Waals surface area contributed by atoms with Crippen molar-refractivity contribution in [3.8, 4) is 0 Å². The summed E-state index contributed by atoms with van der Waals surface area (Å²) >= 11 is 5.80. The zero-order valence-electron chi connectivity index (χ0n) is 9.02. The Balaban J connectivity index is 2.09. The van der Waals surface area contributed by atoms with Crippen molar-refractivity contribution in [1.29, 1.82) is 0 Å². The lowest BCUT2D eigenvalue weighted by molar-refractivity contribution is -0.111. The zero-order valence-corrected chi connectivity index (χ0v) is 9.78. The number of rotatable bonds is 3. The predicted molar refractivity (Wildman–Crippen MR) is 65.5 cm³/mol. The Morgan fingerprint density at radius 1 is 1.50 bits per heavy atom. The van der Waals surface area contributed by atoms with Gasteiger partial charge in [-0.15, -0.1) is 0 Å². The van der Waals surface area contributed by atoms with Gasteiger partial charge in [-0.25, -0.2) is 9.49 Å². The number of carbonyl (C=O) groups excluding carboxylic acids is 1. The number of carbonyl (C=O) groups is 1. The van der Waals surface area contributed by atoms with Crippen molar-refractivity contribution in [2.75, 3.05) is 5.32 Å². The predicted octanol–water partition coefficient (Wildman–Crippen LogP) is 2.25. The van der Waals surface area contributed by atoms with E-state index >= 15 is 0 Å². The molecule has 0 aliphatic carbocycles. The summed E-state index contributed by atoms with van der Waals surface area (Å²) in [7, 11) is 0. The quantitative estimate of drug-likeness (QED) is 0.837. The molecule has 1 aromatic heterocycles. The number of H-pyrrole nitrogens is 1. The van der Waals surface area contributed by atoms with Gasteiger partial charge in [-0.1, -0.05) is 17.7 Å². The fourth-order valence-electron chi connectivity index (χ4n) is 1.25. The molecule has 0 atom stereocenters. The van der Waals surface area contributed by atoms with Gasteiger partial charge >= 0.3 is 0 Å². The van der Waals surface area contributed by atoms with Crippen LogP contribution in [0.4, 0.5) is 10.3 Å². The van der Waals surface area contributed by atoms with E-state index in [0.717, 1.165) is 6.08 Å². The molecule has 0 unspecified atom stereocenters. The first-order valence-corrected chi connectivity index (χ1v) is 5.33. The maximum atomic E-state index is 13.4. The molecule has 0 bridgehead atoms. The molecule has 1 amide bonds. The van der Waals surface area contributed by atoms with Crippen molar-refractivity contribution in [2.45, 2.75) is 0 Å². The molecular weight excluding hydrogens is 259 g/mol. The Bertz CT molecular complexity index is 562. The Hall–Kier alpha value is -2.21. The minimum atomic E-state index is -0.494. The summed E-state index contributed by atoms with van der Waals surface area (Å²) in [6.07, 6.45) is 3.71. The van der Waals surface area contributed by atoms with Gasteiger partial charge in [0, 0.05) is 11.6 Å². The first kappa shape index (κ1) is 12.3. The van der Waals surface area contributed by atoms with Crippen molar-refractivity contribution in [3.05, 3.63) is 47.0 Å². The van der Waals surface area contributed by atoms with Crippen LogP contribution in [0.3, 0.4) is 0 Å². The number of anilines is 1. The molecule has 2 aromatic rings. The lowest BCUT2D eigenvalue weighted by Crippen LogP contribution is -2.09.